The van der Waals surface area contributed by atoms with Crippen LogP contribution in [-0.2, 0) is 4.79 Å². The fraction of sp³-hybridized carbons (Fsp3) is 0.130. The molecule has 1 saturated carbocycles. The molecule has 11 heteroatoms. The minimum Gasteiger partial charge on any atom is -0.326 e. The van der Waals surface area contributed by atoms with Crippen LogP contribution < -0.4 is 10.6 Å². The summed E-state index contributed by atoms with van der Waals surface area (Å²) in [6, 6.07) is 14.0. The molecule has 0 radical (unpaired) electrons. The molecule has 0 unspecified atom stereocenters. The van der Waals surface area contributed by atoms with E-state index in [4.69, 9.17) is 81.2 Å². The summed E-state index contributed by atoms with van der Waals surface area (Å²) in [6.45, 7) is 0. The van der Waals surface area contributed by atoms with Crippen LogP contribution in [0.15, 0.2) is 54.6 Å². The lowest BCUT2D eigenvalue weighted by Crippen LogP contribution is -2.18. The maximum Gasteiger partial charge on any atom is 0.257 e. The molecule has 0 heterocycles. The van der Waals surface area contributed by atoms with Crippen LogP contribution in [0.4, 0.5) is 11.4 Å². The summed E-state index contributed by atoms with van der Waals surface area (Å²) in [7, 11) is 0. The fourth-order valence-electron chi connectivity index (χ4n) is 3.64. The number of rotatable bonds is 5. The van der Waals surface area contributed by atoms with Crippen molar-refractivity contribution in [2.75, 3.05) is 10.6 Å². The second-order valence-corrected chi connectivity index (χ2v) is 11.2. The Labute approximate surface area is 230 Å². The second kappa shape index (κ2) is 9.94. The Kier molecular flexibility index (Phi) is 7.52. The van der Waals surface area contributed by atoms with Gasteiger partial charge in [-0.15, -0.1) is 23.2 Å². The van der Waals surface area contributed by atoms with E-state index in [2.05, 4.69) is 10.6 Å². The predicted octanol–water partition coefficient (Wildman–Crippen LogP) is 8.73. The minimum absolute atomic E-state index is 0.132. The predicted molar refractivity (Wildman–Crippen MR) is 142 cm³/mol. The molecule has 3 aromatic rings. The molecule has 0 aliphatic heterocycles. The van der Waals surface area contributed by atoms with E-state index in [9.17, 15) is 9.59 Å². The van der Waals surface area contributed by atoms with Gasteiger partial charge in [0.05, 0.1) is 16.5 Å². The van der Waals surface area contributed by atoms with E-state index in [1.54, 1.807) is 36.4 Å². The smallest absolute Gasteiger partial charge is 0.257 e. The standard InChI is InChI=1S/C23H13Cl7N2O2/c24-11-3-10(4-12(25)5-11)19-20(23(19,29)30)22(34)31-15-1-2-18(28)17(9-15)21(33)32-16-7-13(26)6-14(27)8-16/h1-9,19-20H,(H,31,34)(H,32,33)/t19-,20+/m0/s1. The van der Waals surface area contributed by atoms with Gasteiger partial charge in [-0.2, -0.15) is 0 Å². The number of amides is 2. The quantitative estimate of drug-likeness (QED) is 0.289. The van der Waals surface area contributed by atoms with Crippen LogP contribution in [0.25, 0.3) is 0 Å². The fourth-order valence-corrected chi connectivity index (χ4v) is 5.74. The first kappa shape index (κ1) is 25.7. The maximum absolute atomic E-state index is 13.0. The number of halogens is 7. The molecular weight excluding hydrogens is 584 g/mol. The molecule has 1 fully saturated rings. The number of benzene rings is 3. The van der Waals surface area contributed by atoms with Crippen molar-refractivity contribution in [1.29, 1.82) is 0 Å². The van der Waals surface area contributed by atoms with Gasteiger partial charge in [-0.3, -0.25) is 9.59 Å². The lowest BCUT2D eigenvalue weighted by atomic mass is 10.1. The molecular formula is C23H13Cl7N2O2. The van der Waals surface area contributed by atoms with Crippen molar-refractivity contribution in [3.05, 3.63) is 90.8 Å². The first-order valence-electron chi connectivity index (χ1n) is 9.67. The summed E-state index contributed by atoms with van der Waals surface area (Å²) in [6.07, 6.45) is 0. The van der Waals surface area contributed by atoms with Crippen LogP contribution >= 0.6 is 81.2 Å². The Bertz CT molecular complexity index is 1270. The molecule has 0 saturated heterocycles. The molecule has 2 amide bonds. The highest BCUT2D eigenvalue weighted by Gasteiger charge is 2.67. The summed E-state index contributed by atoms with van der Waals surface area (Å²) in [5.41, 5.74) is 1.51. The zero-order valence-electron chi connectivity index (χ0n) is 16.8. The number of nitrogens with one attached hydrogen (secondary N) is 2. The largest absolute Gasteiger partial charge is 0.326 e. The third-order valence-corrected chi connectivity index (χ3v) is 7.32. The molecule has 4 rings (SSSR count). The van der Waals surface area contributed by atoms with Gasteiger partial charge >= 0.3 is 0 Å². The van der Waals surface area contributed by atoms with E-state index in [0.717, 1.165) is 0 Å². The Morgan fingerprint density at radius 1 is 0.706 bits per heavy atom. The molecule has 0 aromatic heterocycles. The number of anilines is 2. The highest BCUT2D eigenvalue weighted by molar-refractivity contribution is 6.53. The molecule has 3 aromatic carbocycles. The Morgan fingerprint density at radius 2 is 1.26 bits per heavy atom. The van der Waals surface area contributed by atoms with Gasteiger partial charge in [0.25, 0.3) is 5.91 Å². The maximum atomic E-state index is 13.0. The molecule has 1 aliphatic rings. The average Bonchev–Trinajstić information content (AvgIpc) is 3.30. The summed E-state index contributed by atoms with van der Waals surface area (Å²) in [4.78, 5) is 25.8. The monoisotopic (exact) mass is 594 g/mol. The van der Waals surface area contributed by atoms with Gasteiger partial charge in [0.2, 0.25) is 5.91 Å². The highest BCUT2D eigenvalue weighted by Crippen LogP contribution is 2.65. The minimum atomic E-state index is -1.34. The van der Waals surface area contributed by atoms with Crippen LogP contribution in [0.2, 0.25) is 25.1 Å². The molecule has 1 aliphatic carbocycles. The Hall–Kier alpha value is -1.37. The number of hydrogen-bond acceptors (Lipinski definition) is 2. The highest BCUT2D eigenvalue weighted by atomic mass is 35.5. The first-order valence-corrected chi connectivity index (χ1v) is 12.3. The van der Waals surface area contributed by atoms with E-state index in [-0.39, 0.29) is 10.6 Å². The molecule has 4 nitrogen and oxygen atoms in total. The van der Waals surface area contributed by atoms with Gasteiger partial charge in [-0.05, 0) is 60.2 Å². The van der Waals surface area contributed by atoms with Crippen molar-refractivity contribution < 1.29 is 9.59 Å². The summed E-state index contributed by atoms with van der Waals surface area (Å²) < 4.78 is -1.34. The molecule has 0 bridgehead atoms. The SMILES string of the molecule is O=C(Nc1cc(Cl)cc(Cl)c1)c1cc(NC(=O)[C@H]2[C@H](c3cc(Cl)cc(Cl)c3)C2(Cl)Cl)ccc1Cl. The van der Waals surface area contributed by atoms with Crippen LogP contribution in [0, 0.1) is 5.92 Å². The third kappa shape index (κ3) is 5.55. The van der Waals surface area contributed by atoms with Crippen LogP contribution in [-0.4, -0.2) is 16.1 Å². The summed E-state index contributed by atoms with van der Waals surface area (Å²) in [5.74, 6) is -2.20. The van der Waals surface area contributed by atoms with Crippen molar-refractivity contribution in [2.45, 2.75) is 10.3 Å². The topological polar surface area (TPSA) is 58.2 Å². The van der Waals surface area contributed by atoms with E-state index >= 15 is 0 Å². The van der Waals surface area contributed by atoms with Crippen molar-refractivity contribution in [3.63, 3.8) is 0 Å². The number of hydrogen-bond donors (Lipinski definition) is 2. The van der Waals surface area contributed by atoms with Crippen LogP contribution in [0.3, 0.4) is 0 Å². The van der Waals surface area contributed by atoms with E-state index in [1.165, 1.54) is 18.2 Å². The lowest BCUT2D eigenvalue weighted by Gasteiger charge is -2.11. The van der Waals surface area contributed by atoms with Crippen LogP contribution in [0.5, 0.6) is 0 Å². The Balaban J connectivity index is 1.52. The molecule has 34 heavy (non-hydrogen) atoms. The zero-order valence-corrected chi connectivity index (χ0v) is 22.1. The van der Waals surface area contributed by atoms with Crippen LogP contribution in [0.1, 0.15) is 21.8 Å². The normalized spacial score (nSPS) is 18.3. The zero-order chi connectivity index (χ0) is 24.8. The molecule has 176 valence electrons. The second-order valence-electron chi connectivity index (χ2n) is 7.63. The molecule has 0 spiro atoms. The van der Waals surface area contributed by atoms with Gasteiger partial charge in [0.15, 0.2) is 0 Å². The van der Waals surface area contributed by atoms with Gasteiger partial charge < -0.3 is 10.6 Å². The molecule has 2 N–H and O–H groups in total. The van der Waals surface area contributed by atoms with Gasteiger partial charge in [0.1, 0.15) is 4.33 Å². The van der Waals surface area contributed by atoms with E-state index in [1.807, 2.05) is 0 Å². The van der Waals surface area contributed by atoms with E-state index in [0.29, 0.717) is 37.0 Å². The Morgan fingerprint density at radius 3 is 1.85 bits per heavy atom. The summed E-state index contributed by atoms with van der Waals surface area (Å²) in [5, 5.41) is 7.14. The number of alkyl halides is 2. The van der Waals surface area contributed by atoms with Gasteiger partial charge in [-0.25, -0.2) is 0 Å². The average molecular weight is 598 g/mol. The van der Waals surface area contributed by atoms with E-state index < -0.39 is 28.0 Å². The third-order valence-electron chi connectivity index (χ3n) is 5.18. The molecule has 2 atom stereocenters. The van der Waals surface area contributed by atoms with Crippen molar-refractivity contribution in [3.8, 4) is 0 Å². The number of carbonyl (C=O) groups excluding carboxylic acids is 2. The van der Waals surface area contributed by atoms with Gasteiger partial charge in [0, 0.05) is 37.4 Å². The number of carbonyl (C=O) groups is 2. The van der Waals surface area contributed by atoms with Crippen molar-refractivity contribution >= 4 is 104 Å². The van der Waals surface area contributed by atoms with Crippen molar-refractivity contribution in [2.24, 2.45) is 5.92 Å². The summed E-state index contributed by atoms with van der Waals surface area (Å²) >= 11 is 43.1. The van der Waals surface area contributed by atoms with Crippen molar-refractivity contribution in [1.82, 2.24) is 0 Å². The lowest BCUT2D eigenvalue weighted by molar-refractivity contribution is -0.117. The van der Waals surface area contributed by atoms with Gasteiger partial charge in [-0.1, -0.05) is 58.0 Å². The first-order chi connectivity index (χ1) is 16.0.